The SMILES string of the molecule is N=C(N)c1ccc(Br)cc1N1CCN(c2nccs2)CC1. The molecule has 5 nitrogen and oxygen atoms in total. The fourth-order valence-electron chi connectivity index (χ4n) is 2.50. The van der Waals surface area contributed by atoms with Crippen molar-refractivity contribution in [3.8, 4) is 0 Å². The van der Waals surface area contributed by atoms with E-state index < -0.39 is 0 Å². The minimum absolute atomic E-state index is 0.111. The van der Waals surface area contributed by atoms with Gasteiger partial charge in [-0.1, -0.05) is 15.9 Å². The van der Waals surface area contributed by atoms with Crippen molar-refractivity contribution in [3.63, 3.8) is 0 Å². The molecule has 21 heavy (non-hydrogen) atoms. The molecule has 0 atom stereocenters. The summed E-state index contributed by atoms with van der Waals surface area (Å²) in [4.78, 5) is 8.94. The number of anilines is 2. The number of aromatic nitrogens is 1. The third-order valence-electron chi connectivity index (χ3n) is 3.56. The number of hydrogen-bond acceptors (Lipinski definition) is 5. The van der Waals surface area contributed by atoms with E-state index in [1.807, 2.05) is 29.8 Å². The van der Waals surface area contributed by atoms with Gasteiger partial charge in [-0.15, -0.1) is 11.3 Å². The Hall–Kier alpha value is -1.60. The number of nitrogen functional groups attached to an aromatic ring is 1. The fraction of sp³-hybridized carbons (Fsp3) is 0.286. The molecular weight excluding hydrogens is 350 g/mol. The van der Waals surface area contributed by atoms with Gasteiger partial charge in [-0.3, -0.25) is 5.41 Å². The number of nitrogens with two attached hydrogens (primary N) is 1. The lowest BCUT2D eigenvalue weighted by Crippen LogP contribution is -2.47. The second-order valence-corrected chi connectivity index (χ2v) is 6.65. The molecule has 0 bridgehead atoms. The van der Waals surface area contributed by atoms with Crippen LogP contribution < -0.4 is 15.5 Å². The molecule has 1 aliphatic heterocycles. The molecule has 1 fully saturated rings. The van der Waals surface area contributed by atoms with E-state index in [-0.39, 0.29) is 5.84 Å². The summed E-state index contributed by atoms with van der Waals surface area (Å²) in [6, 6.07) is 5.86. The summed E-state index contributed by atoms with van der Waals surface area (Å²) in [5.74, 6) is 0.111. The van der Waals surface area contributed by atoms with Gasteiger partial charge in [0.25, 0.3) is 0 Å². The van der Waals surface area contributed by atoms with Gasteiger partial charge in [-0.05, 0) is 18.2 Å². The third kappa shape index (κ3) is 3.03. The van der Waals surface area contributed by atoms with E-state index in [9.17, 15) is 0 Å². The minimum Gasteiger partial charge on any atom is -0.384 e. The van der Waals surface area contributed by atoms with Crippen LogP contribution in [0.15, 0.2) is 34.2 Å². The number of nitrogens with zero attached hydrogens (tertiary/aromatic N) is 3. The molecule has 3 N–H and O–H groups in total. The van der Waals surface area contributed by atoms with Gasteiger partial charge in [-0.2, -0.15) is 0 Å². The van der Waals surface area contributed by atoms with E-state index in [2.05, 4.69) is 30.7 Å². The molecule has 0 spiro atoms. The Balaban J connectivity index is 1.78. The quantitative estimate of drug-likeness (QED) is 0.647. The van der Waals surface area contributed by atoms with E-state index in [4.69, 9.17) is 11.1 Å². The van der Waals surface area contributed by atoms with Gasteiger partial charge in [0.2, 0.25) is 0 Å². The maximum Gasteiger partial charge on any atom is 0.185 e. The van der Waals surface area contributed by atoms with Crippen molar-refractivity contribution in [2.24, 2.45) is 5.73 Å². The van der Waals surface area contributed by atoms with Gasteiger partial charge in [0.05, 0.1) is 0 Å². The number of piperazine rings is 1. The van der Waals surface area contributed by atoms with Crippen molar-refractivity contribution in [2.45, 2.75) is 0 Å². The van der Waals surface area contributed by atoms with E-state index >= 15 is 0 Å². The summed E-state index contributed by atoms with van der Waals surface area (Å²) >= 11 is 5.17. The molecule has 1 aromatic heterocycles. The first-order chi connectivity index (χ1) is 10.1. The summed E-state index contributed by atoms with van der Waals surface area (Å²) in [5, 5.41) is 10.8. The predicted octanol–water partition coefficient (Wildman–Crippen LogP) is 2.52. The Morgan fingerprint density at radius 2 is 1.95 bits per heavy atom. The van der Waals surface area contributed by atoms with Crippen LogP contribution in [0.3, 0.4) is 0 Å². The standard InChI is InChI=1S/C14H16BrN5S/c15-10-1-2-11(13(16)17)12(9-10)19-4-6-20(7-5-19)14-18-3-8-21-14/h1-3,8-9H,4-7H2,(H3,16,17). The highest BCUT2D eigenvalue weighted by Gasteiger charge is 2.21. The Morgan fingerprint density at radius 3 is 2.57 bits per heavy atom. The average Bonchev–Trinajstić information content (AvgIpc) is 3.01. The smallest absolute Gasteiger partial charge is 0.185 e. The van der Waals surface area contributed by atoms with Gasteiger partial charge < -0.3 is 15.5 Å². The van der Waals surface area contributed by atoms with Crippen molar-refractivity contribution in [3.05, 3.63) is 39.8 Å². The number of thiazole rings is 1. The zero-order chi connectivity index (χ0) is 14.8. The second-order valence-electron chi connectivity index (χ2n) is 4.86. The monoisotopic (exact) mass is 365 g/mol. The molecule has 110 valence electrons. The third-order valence-corrected chi connectivity index (χ3v) is 4.89. The average molecular weight is 366 g/mol. The molecule has 2 heterocycles. The molecule has 2 aromatic rings. The van der Waals surface area contributed by atoms with Crippen molar-refractivity contribution in [1.29, 1.82) is 5.41 Å². The number of benzene rings is 1. The van der Waals surface area contributed by atoms with Crippen molar-refractivity contribution < 1.29 is 0 Å². The number of halogens is 1. The molecular formula is C14H16BrN5S. The lowest BCUT2D eigenvalue weighted by Gasteiger charge is -2.36. The van der Waals surface area contributed by atoms with Crippen LogP contribution in [0.1, 0.15) is 5.56 Å². The maximum atomic E-state index is 7.74. The normalized spacial score (nSPS) is 15.3. The lowest BCUT2D eigenvalue weighted by atomic mass is 10.1. The van der Waals surface area contributed by atoms with E-state index in [0.29, 0.717) is 0 Å². The molecule has 1 saturated heterocycles. The molecule has 1 aromatic carbocycles. The van der Waals surface area contributed by atoms with Crippen LogP contribution in [-0.2, 0) is 0 Å². The van der Waals surface area contributed by atoms with Gasteiger partial charge >= 0.3 is 0 Å². The predicted molar refractivity (Wildman–Crippen MR) is 91.7 cm³/mol. The number of amidine groups is 1. The number of hydrogen-bond donors (Lipinski definition) is 2. The van der Waals surface area contributed by atoms with Crippen LogP contribution in [0.5, 0.6) is 0 Å². The van der Waals surface area contributed by atoms with Crippen LogP contribution >= 0.6 is 27.3 Å². The van der Waals surface area contributed by atoms with Crippen LogP contribution in [0.2, 0.25) is 0 Å². The molecule has 3 rings (SSSR count). The summed E-state index contributed by atoms with van der Waals surface area (Å²) < 4.78 is 1.00. The number of nitrogens with one attached hydrogen (secondary N) is 1. The van der Waals surface area contributed by atoms with Crippen molar-refractivity contribution >= 4 is 43.9 Å². The Bertz CT molecular complexity index is 635. The van der Waals surface area contributed by atoms with E-state index in [1.54, 1.807) is 11.3 Å². The molecule has 1 aliphatic rings. The molecule has 0 radical (unpaired) electrons. The topological polar surface area (TPSA) is 69.2 Å². The van der Waals surface area contributed by atoms with Crippen molar-refractivity contribution in [1.82, 2.24) is 4.98 Å². The van der Waals surface area contributed by atoms with Gasteiger partial charge in [-0.25, -0.2) is 4.98 Å². The fourth-order valence-corrected chi connectivity index (χ4v) is 3.55. The Morgan fingerprint density at radius 1 is 1.24 bits per heavy atom. The van der Waals surface area contributed by atoms with Gasteiger partial charge in [0.1, 0.15) is 5.84 Å². The Labute approximate surface area is 136 Å². The highest BCUT2D eigenvalue weighted by atomic mass is 79.9. The molecule has 0 amide bonds. The maximum absolute atomic E-state index is 7.74. The summed E-state index contributed by atoms with van der Waals surface area (Å²) in [5.41, 5.74) is 7.51. The zero-order valence-corrected chi connectivity index (χ0v) is 13.8. The summed E-state index contributed by atoms with van der Waals surface area (Å²) in [7, 11) is 0. The first kappa shape index (κ1) is 14.3. The van der Waals surface area contributed by atoms with Crippen LogP contribution in [-0.4, -0.2) is 37.0 Å². The van der Waals surface area contributed by atoms with Crippen LogP contribution in [0, 0.1) is 5.41 Å². The van der Waals surface area contributed by atoms with Crippen molar-refractivity contribution in [2.75, 3.05) is 36.0 Å². The lowest BCUT2D eigenvalue weighted by molar-refractivity contribution is 0.651. The first-order valence-electron chi connectivity index (χ1n) is 6.68. The second kappa shape index (κ2) is 6.03. The summed E-state index contributed by atoms with van der Waals surface area (Å²) in [6.45, 7) is 3.65. The Kier molecular flexibility index (Phi) is 4.12. The highest BCUT2D eigenvalue weighted by molar-refractivity contribution is 9.10. The zero-order valence-electron chi connectivity index (χ0n) is 11.4. The first-order valence-corrected chi connectivity index (χ1v) is 8.36. The van der Waals surface area contributed by atoms with Gasteiger partial charge in [0.15, 0.2) is 5.13 Å². The molecule has 7 heteroatoms. The molecule has 0 saturated carbocycles. The van der Waals surface area contributed by atoms with Crippen LogP contribution in [0.25, 0.3) is 0 Å². The molecule has 0 unspecified atom stereocenters. The minimum atomic E-state index is 0.111. The number of rotatable bonds is 3. The largest absolute Gasteiger partial charge is 0.384 e. The highest BCUT2D eigenvalue weighted by Crippen LogP contribution is 2.27. The molecule has 0 aliphatic carbocycles. The van der Waals surface area contributed by atoms with E-state index in [0.717, 1.165) is 47.0 Å². The summed E-state index contributed by atoms with van der Waals surface area (Å²) in [6.07, 6.45) is 1.84. The van der Waals surface area contributed by atoms with E-state index in [1.165, 1.54) is 0 Å². The van der Waals surface area contributed by atoms with Gasteiger partial charge in [0, 0.05) is 53.5 Å². The van der Waals surface area contributed by atoms with Crippen LogP contribution in [0.4, 0.5) is 10.8 Å².